The van der Waals surface area contributed by atoms with Gasteiger partial charge in [-0.1, -0.05) is 127 Å². The van der Waals surface area contributed by atoms with Crippen LogP contribution in [0.3, 0.4) is 0 Å². The quantitative estimate of drug-likeness (QED) is 0.199. The van der Waals surface area contributed by atoms with E-state index in [1.807, 2.05) is 24.3 Å². The number of fused-ring (bicyclic) bond motifs is 13. The van der Waals surface area contributed by atoms with Crippen LogP contribution in [0.1, 0.15) is 27.8 Å². The molecule has 0 heterocycles. The lowest BCUT2D eigenvalue weighted by Crippen LogP contribution is -2.26. The summed E-state index contributed by atoms with van der Waals surface area (Å²) in [5.74, 6) is 0. The Hall–Kier alpha value is -6.43. The van der Waals surface area contributed by atoms with E-state index < -0.39 is 5.41 Å². The van der Waals surface area contributed by atoms with Crippen LogP contribution in [0.5, 0.6) is 0 Å². The van der Waals surface area contributed by atoms with Crippen molar-refractivity contribution in [1.82, 2.24) is 0 Å². The smallest absolute Gasteiger partial charge is 0.101 e. The molecule has 0 bridgehead atoms. The Morgan fingerprint density at radius 2 is 1.02 bits per heavy atom. The minimum absolute atomic E-state index is 0.516. The molecule has 1 spiro atoms. The monoisotopic (exact) mass is 608 g/mol. The highest BCUT2D eigenvalue weighted by atomic mass is 15.1. The Morgan fingerprint density at radius 3 is 1.75 bits per heavy atom. The second-order valence-electron chi connectivity index (χ2n) is 12.7. The molecule has 0 radical (unpaired) electrons. The van der Waals surface area contributed by atoms with Crippen molar-refractivity contribution in [2.24, 2.45) is 0 Å². The van der Waals surface area contributed by atoms with E-state index in [2.05, 4.69) is 157 Å². The van der Waals surface area contributed by atoms with Gasteiger partial charge in [0.2, 0.25) is 0 Å². The van der Waals surface area contributed by atoms with Crippen molar-refractivity contribution < 1.29 is 0 Å². The summed E-state index contributed by atoms with van der Waals surface area (Å²) in [6.45, 7) is 0. The fourth-order valence-electron chi connectivity index (χ4n) is 8.59. The summed E-state index contributed by atoms with van der Waals surface area (Å²) in [6.07, 6.45) is 0. The molecule has 2 heteroatoms. The number of nitrogens with zero attached hydrogens (tertiary/aromatic N) is 2. The normalized spacial score (nSPS) is 13.1. The van der Waals surface area contributed by atoms with Crippen LogP contribution in [0.4, 0.5) is 17.1 Å². The number of hydrogen-bond acceptors (Lipinski definition) is 2. The van der Waals surface area contributed by atoms with Crippen molar-refractivity contribution in [2.75, 3.05) is 4.90 Å². The molecule has 2 aliphatic carbocycles. The van der Waals surface area contributed by atoms with Crippen LogP contribution in [-0.2, 0) is 5.41 Å². The molecule has 10 rings (SSSR count). The summed E-state index contributed by atoms with van der Waals surface area (Å²) >= 11 is 0. The van der Waals surface area contributed by atoms with Gasteiger partial charge in [0, 0.05) is 11.1 Å². The van der Waals surface area contributed by atoms with Crippen LogP contribution in [0.15, 0.2) is 170 Å². The Labute approximate surface area is 279 Å². The van der Waals surface area contributed by atoms with Gasteiger partial charge in [0.1, 0.15) is 6.07 Å². The number of benzene rings is 8. The molecule has 8 aromatic carbocycles. The lowest BCUT2D eigenvalue weighted by molar-refractivity contribution is 0.795. The average Bonchev–Trinajstić information content (AvgIpc) is 3.61. The third-order valence-corrected chi connectivity index (χ3v) is 10.5. The third-order valence-electron chi connectivity index (χ3n) is 10.5. The molecule has 2 nitrogen and oxygen atoms in total. The molecule has 0 N–H and O–H groups in total. The van der Waals surface area contributed by atoms with E-state index in [1.54, 1.807) is 0 Å². The van der Waals surface area contributed by atoms with E-state index in [9.17, 15) is 5.26 Å². The minimum Gasteiger partial charge on any atom is -0.309 e. The van der Waals surface area contributed by atoms with E-state index in [4.69, 9.17) is 0 Å². The van der Waals surface area contributed by atoms with Gasteiger partial charge in [0.05, 0.1) is 22.4 Å². The topological polar surface area (TPSA) is 27.0 Å². The Morgan fingerprint density at radius 1 is 0.438 bits per heavy atom. The summed E-state index contributed by atoms with van der Waals surface area (Å²) in [4.78, 5) is 2.28. The van der Waals surface area contributed by atoms with Gasteiger partial charge in [0.25, 0.3) is 0 Å². The van der Waals surface area contributed by atoms with Gasteiger partial charge in [-0.2, -0.15) is 5.26 Å². The fraction of sp³-hybridized carbons (Fsp3) is 0.0217. The molecule has 0 fully saturated rings. The van der Waals surface area contributed by atoms with Gasteiger partial charge in [-0.15, -0.1) is 0 Å². The number of nitriles is 1. The Kier molecular flexibility index (Phi) is 5.59. The van der Waals surface area contributed by atoms with Gasteiger partial charge in [-0.3, -0.25) is 0 Å². The van der Waals surface area contributed by atoms with Crippen molar-refractivity contribution in [3.8, 4) is 28.3 Å². The molecule has 8 aromatic rings. The molecule has 0 saturated carbocycles. The van der Waals surface area contributed by atoms with Crippen molar-refractivity contribution >= 4 is 38.6 Å². The second-order valence-corrected chi connectivity index (χ2v) is 12.7. The molecule has 0 amide bonds. The lowest BCUT2D eigenvalue weighted by atomic mass is 9.70. The van der Waals surface area contributed by atoms with Crippen molar-refractivity contribution in [3.05, 3.63) is 198 Å². The van der Waals surface area contributed by atoms with Gasteiger partial charge in [0.15, 0.2) is 0 Å². The molecule has 2 aliphatic rings. The lowest BCUT2D eigenvalue weighted by Gasteiger charge is -2.33. The van der Waals surface area contributed by atoms with Gasteiger partial charge >= 0.3 is 0 Å². The highest BCUT2D eigenvalue weighted by Gasteiger charge is 2.52. The van der Waals surface area contributed by atoms with Crippen LogP contribution < -0.4 is 4.90 Å². The summed E-state index contributed by atoms with van der Waals surface area (Å²) in [6, 6.07) is 63.6. The molecule has 0 aromatic heterocycles. The van der Waals surface area contributed by atoms with Crippen molar-refractivity contribution in [3.63, 3.8) is 0 Å². The van der Waals surface area contributed by atoms with E-state index >= 15 is 0 Å². The molecule has 0 aliphatic heterocycles. The zero-order valence-corrected chi connectivity index (χ0v) is 26.1. The molecule has 222 valence electrons. The summed E-state index contributed by atoms with van der Waals surface area (Å²) < 4.78 is 0. The summed E-state index contributed by atoms with van der Waals surface area (Å²) in [7, 11) is 0. The first-order valence-electron chi connectivity index (χ1n) is 16.4. The maximum Gasteiger partial charge on any atom is 0.101 e. The second kappa shape index (κ2) is 10.0. The molecule has 0 unspecified atom stereocenters. The zero-order valence-electron chi connectivity index (χ0n) is 26.1. The van der Waals surface area contributed by atoms with Gasteiger partial charge in [-0.25, -0.2) is 0 Å². The predicted molar refractivity (Wildman–Crippen MR) is 197 cm³/mol. The van der Waals surface area contributed by atoms with E-state index in [-0.39, 0.29) is 0 Å². The standard InChI is InChI=1S/C46H28N2/c47-29-32-16-6-13-25-43(32)48(33-17-2-1-3-18-33)44-28-42-45(37-22-8-7-21-36(37)44)38-26-30-14-4-5-15-31(30)27-41(38)46(42)39-23-11-9-19-34(39)35-20-10-12-24-40(35)46/h1-28H. The van der Waals surface area contributed by atoms with Gasteiger partial charge < -0.3 is 4.90 Å². The summed E-state index contributed by atoms with van der Waals surface area (Å²) in [5.41, 5.74) is 13.4. The summed E-state index contributed by atoms with van der Waals surface area (Å²) in [5, 5.41) is 15.2. The van der Waals surface area contributed by atoms with Crippen LogP contribution in [0.2, 0.25) is 0 Å². The first-order valence-corrected chi connectivity index (χ1v) is 16.4. The fourth-order valence-corrected chi connectivity index (χ4v) is 8.59. The number of rotatable bonds is 3. The number of anilines is 3. The SMILES string of the molecule is N#Cc1ccccc1N(c1ccccc1)c1cc2c(c3ccccc13)-c1cc3ccccc3cc1C21c2ccccc2-c2ccccc21. The van der Waals surface area contributed by atoms with Gasteiger partial charge in [-0.05, 0) is 103 Å². The highest BCUT2D eigenvalue weighted by Crippen LogP contribution is 2.65. The number of para-hydroxylation sites is 2. The predicted octanol–water partition coefficient (Wildman–Crippen LogP) is 11.7. The molecule has 48 heavy (non-hydrogen) atoms. The highest BCUT2D eigenvalue weighted by molar-refractivity contribution is 6.13. The third kappa shape index (κ3) is 3.45. The van der Waals surface area contributed by atoms with Crippen LogP contribution in [-0.4, -0.2) is 0 Å². The maximum absolute atomic E-state index is 10.3. The molecule has 0 atom stereocenters. The van der Waals surface area contributed by atoms with Crippen LogP contribution in [0.25, 0.3) is 43.8 Å². The van der Waals surface area contributed by atoms with E-state index in [0.29, 0.717) is 5.56 Å². The van der Waals surface area contributed by atoms with E-state index in [1.165, 1.54) is 60.7 Å². The first kappa shape index (κ1) is 26.8. The maximum atomic E-state index is 10.3. The zero-order chi connectivity index (χ0) is 31.8. The number of hydrogen-bond donors (Lipinski definition) is 0. The van der Waals surface area contributed by atoms with E-state index in [0.717, 1.165) is 22.4 Å². The molecular formula is C46H28N2. The van der Waals surface area contributed by atoms with Crippen molar-refractivity contribution in [2.45, 2.75) is 5.41 Å². The van der Waals surface area contributed by atoms with Crippen LogP contribution in [0, 0.1) is 11.3 Å². The average molecular weight is 609 g/mol. The minimum atomic E-state index is -0.516. The van der Waals surface area contributed by atoms with Crippen molar-refractivity contribution in [1.29, 1.82) is 5.26 Å². The molecule has 0 saturated heterocycles. The largest absolute Gasteiger partial charge is 0.309 e. The Balaban J connectivity index is 1.41. The Bertz CT molecular complexity index is 2600. The first-order chi connectivity index (χ1) is 23.8. The van der Waals surface area contributed by atoms with Crippen LogP contribution >= 0.6 is 0 Å². The molecular weight excluding hydrogens is 581 g/mol.